The highest BCUT2D eigenvalue weighted by molar-refractivity contribution is 7.89. The topological polar surface area (TPSA) is 77.8 Å². The molecule has 0 aliphatic rings. The number of hydrogen-bond acceptors (Lipinski definition) is 4. The molecule has 0 aliphatic heterocycles. The molecule has 0 saturated heterocycles. The SMILES string of the molecule is O=S(=O)(c1ccc(Cl)c(Cl)c1)N(CCO)CCO. The monoisotopic (exact) mass is 313 g/mol. The van der Waals surface area contributed by atoms with Crippen LogP contribution in [0.5, 0.6) is 0 Å². The number of halogens is 2. The predicted octanol–water partition coefficient (Wildman–Crippen LogP) is 0.969. The molecule has 1 aromatic carbocycles. The molecule has 2 N–H and O–H groups in total. The minimum Gasteiger partial charge on any atom is -0.395 e. The standard InChI is InChI=1S/C10H13Cl2NO4S/c11-9-2-1-8(7-10(9)12)18(16,17)13(3-5-14)4-6-15/h1-2,7,14-15H,3-6H2. The first-order valence-corrected chi connectivity index (χ1v) is 7.30. The Labute approximate surface area is 116 Å². The summed E-state index contributed by atoms with van der Waals surface area (Å²) in [6.07, 6.45) is 0. The maximum atomic E-state index is 12.2. The Balaban J connectivity index is 3.13. The van der Waals surface area contributed by atoms with Crippen molar-refractivity contribution in [3.63, 3.8) is 0 Å². The Hall–Kier alpha value is -0.370. The predicted molar refractivity (Wildman–Crippen MR) is 69.4 cm³/mol. The van der Waals surface area contributed by atoms with Gasteiger partial charge in [0.05, 0.1) is 28.2 Å². The van der Waals surface area contributed by atoms with Crippen LogP contribution in [0.15, 0.2) is 23.1 Å². The van der Waals surface area contributed by atoms with Crippen LogP contribution in [0.25, 0.3) is 0 Å². The second-order valence-electron chi connectivity index (χ2n) is 3.43. The van der Waals surface area contributed by atoms with Crippen molar-refractivity contribution in [2.75, 3.05) is 26.3 Å². The Bertz CT molecular complexity index is 501. The van der Waals surface area contributed by atoms with Crippen LogP contribution in [0.4, 0.5) is 0 Å². The van der Waals surface area contributed by atoms with Gasteiger partial charge < -0.3 is 10.2 Å². The first-order chi connectivity index (χ1) is 8.43. The Kier molecular flexibility index (Phi) is 5.84. The lowest BCUT2D eigenvalue weighted by Crippen LogP contribution is -2.35. The van der Waals surface area contributed by atoms with E-state index in [4.69, 9.17) is 33.4 Å². The fraction of sp³-hybridized carbons (Fsp3) is 0.400. The summed E-state index contributed by atoms with van der Waals surface area (Å²) >= 11 is 11.5. The van der Waals surface area contributed by atoms with Gasteiger partial charge in [-0.3, -0.25) is 0 Å². The second-order valence-corrected chi connectivity index (χ2v) is 6.18. The third kappa shape index (κ3) is 3.57. The average molecular weight is 314 g/mol. The van der Waals surface area contributed by atoms with E-state index in [2.05, 4.69) is 0 Å². The summed E-state index contributed by atoms with van der Waals surface area (Å²) in [5.74, 6) is 0. The molecule has 0 fully saturated rings. The minimum absolute atomic E-state index is 0.0289. The van der Waals surface area contributed by atoms with E-state index in [0.717, 1.165) is 4.31 Å². The van der Waals surface area contributed by atoms with Crippen molar-refractivity contribution in [2.24, 2.45) is 0 Å². The maximum absolute atomic E-state index is 12.2. The molecule has 5 nitrogen and oxygen atoms in total. The summed E-state index contributed by atoms with van der Waals surface area (Å²) in [4.78, 5) is -0.0289. The summed E-state index contributed by atoms with van der Waals surface area (Å²) in [5.41, 5.74) is 0. The van der Waals surface area contributed by atoms with Crippen LogP contribution in [-0.2, 0) is 10.0 Å². The van der Waals surface area contributed by atoms with E-state index in [0.29, 0.717) is 0 Å². The van der Waals surface area contributed by atoms with Crippen LogP contribution in [0.3, 0.4) is 0 Å². The van der Waals surface area contributed by atoms with Crippen molar-refractivity contribution < 1.29 is 18.6 Å². The van der Waals surface area contributed by atoms with Crippen molar-refractivity contribution >= 4 is 33.2 Å². The number of sulfonamides is 1. The quantitative estimate of drug-likeness (QED) is 0.820. The molecule has 0 aliphatic carbocycles. The molecule has 18 heavy (non-hydrogen) atoms. The lowest BCUT2D eigenvalue weighted by molar-refractivity contribution is 0.217. The van der Waals surface area contributed by atoms with E-state index < -0.39 is 10.0 Å². The average Bonchev–Trinajstić information content (AvgIpc) is 2.32. The molecule has 0 saturated carbocycles. The van der Waals surface area contributed by atoms with Gasteiger partial charge in [0.1, 0.15) is 0 Å². The molecule has 0 atom stereocenters. The van der Waals surface area contributed by atoms with Gasteiger partial charge in [0.15, 0.2) is 0 Å². The van der Waals surface area contributed by atoms with Gasteiger partial charge in [0.2, 0.25) is 10.0 Å². The number of benzene rings is 1. The fourth-order valence-electron chi connectivity index (χ4n) is 1.36. The smallest absolute Gasteiger partial charge is 0.243 e. The fourth-order valence-corrected chi connectivity index (χ4v) is 3.17. The number of rotatable bonds is 6. The van der Waals surface area contributed by atoms with E-state index in [1.807, 2.05) is 0 Å². The lowest BCUT2D eigenvalue weighted by atomic mass is 10.4. The molecule has 0 unspecified atom stereocenters. The molecule has 0 radical (unpaired) electrons. The van der Waals surface area contributed by atoms with E-state index in [1.165, 1.54) is 18.2 Å². The van der Waals surface area contributed by atoms with Crippen LogP contribution < -0.4 is 0 Å². The highest BCUT2D eigenvalue weighted by Gasteiger charge is 2.24. The molecular formula is C10H13Cl2NO4S. The largest absolute Gasteiger partial charge is 0.395 e. The second kappa shape index (κ2) is 6.70. The van der Waals surface area contributed by atoms with Crippen LogP contribution in [0.2, 0.25) is 10.0 Å². The zero-order valence-electron chi connectivity index (χ0n) is 9.38. The summed E-state index contributed by atoms with van der Waals surface area (Å²) in [5, 5.41) is 18.1. The lowest BCUT2D eigenvalue weighted by Gasteiger charge is -2.20. The van der Waals surface area contributed by atoms with Gasteiger partial charge in [-0.05, 0) is 18.2 Å². The maximum Gasteiger partial charge on any atom is 0.243 e. The van der Waals surface area contributed by atoms with E-state index >= 15 is 0 Å². The number of aliphatic hydroxyl groups is 2. The van der Waals surface area contributed by atoms with Gasteiger partial charge >= 0.3 is 0 Å². The third-order valence-corrected chi connectivity index (χ3v) is 4.86. The first-order valence-electron chi connectivity index (χ1n) is 5.10. The Morgan fingerprint density at radius 3 is 2.06 bits per heavy atom. The van der Waals surface area contributed by atoms with Crippen LogP contribution in [-0.4, -0.2) is 49.2 Å². The van der Waals surface area contributed by atoms with Crippen molar-refractivity contribution in [1.82, 2.24) is 4.31 Å². The van der Waals surface area contributed by atoms with Gasteiger partial charge in [-0.15, -0.1) is 0 Å². The molecule has 0 aromatic heterocycles. The molecular weight excluding hydrogens is 301 g/mol. The van der Waals surface area contributed by atoms with Crippen molar-refractivity contribution in [1.29, 1.82) is 0 Å². The summed E-state index contributed by atoms with van der Waals surface area (Å²) in [6.45, 7) is -0.854. The normalized spacial score (nSPS) is 12.1. The third-order valence-electron chi connectivity index (χ3n) is 2.23. The zero-order valence-corrected chi connectivity index (χ0v) is 11.7. The van der Waals surface area contributed by atoms with Crippen molar-refractivity contribution in [2.45, 2.75) is 4.90 Å². The van der Waals surface area contributed by atoms with Crippen LogP contribution in [0, 0.1) is 0 Å². The Morgan fingerprint density at radius 1 is 1.06 bits per heavy atom. The molecule has 8 heteroatoms. The van der Waals surface area contributed by atoms with E-state index in [-0.39, 0.29) is 41.2 Å². The molecule has 0 bridgehead atoms. The van der Waals surface area contributed by atoms with Crippen LogP contribution in [0.1, 0.15) is 0 Å². The zero-order chi connectivity index (χ0) is 13.8. The number of aliphatic hydroxyl groups excluding tert-OH is 2. The van der Waals surface area contributed by atoms with E-state index in [9.17, 15) is 8.42 Å². The van der Waals surface area contributed by atoms with Crippen LogP contribution >= 0.6 is 23.2 Å². The molecule has 0 spiro atoms. The molecule has 0 amide bonds. The molecule has 1 rings (SSSR count). The highest BCUT2D eigenvalue weighted by Crippen LogP contribution is 2.26. The van der Waals surface area contributed by atoms with E-state index in [1.54, 1.807) is 0 Å². The summed E-state index contributed by atoms with van der Waals surface area (Å²) in [6, 6.07) is 3.94. The van der Waals surface area contributed by atoms with Gasteiger partial charge in [0, 0.05) is 13.1 Å². The highest BCUT2D eigenvalue weighted by atomic mass is 35.5. The Morgan fingerprint density at radius 2 is 1.61 bits per heavy atom. The summed E-state index contributed by atoms with van der Waals surface area (Å²) < 4.78 is 25.3. The van der Waals surface area contributed by atoms with Crippen molar-refractivity contribution in [3.8, 4) is 0 Å². The van der Waals surface area contributed by atoms with Crippen molar-refractivity contribution in [3.05, 3.63) is 28.2 Å². The van der Waals surface area contributed by atoms with Gasteiger partial charge in [-0.1, -0.05) is 23.2 Å². The first kappa shape index (κ1) is 15.7. The number of hydrogen-bond donors (Lipinski definition) is 2. The molecule has 0 heterocycles. The molecule has 102 valence electrons. The number of nitrogens with zero attached hydrogens (tertiary/aromatic N) is 1. The van der Waals surface area contributed by atoms with Gasteiger partial charge in [-0.25, -0.2) is 8.42 Å². The summed E-state index contributed by atoms with van der Waals surface area (Å²) in [7, 11) is -3.79. The van der Waals surface area contributed by atoms with Gasteiger partial charge in [-0.2, -0.15) is 4.31 Å². The molecule has 1 aromatic rings. The van der Waals surface area contributed by atoms with Gasteiger partial charge in [0.25, 0.3) is 0 Å². The minimum atomic E-state index is -3.79.